The van der Waals surface area contributed by atoms with Crippen molar-refractivity contribution in [2.24, 2.45) is 0 Å². The molecule has 2 aromatic rings. The molecule has 0 saturated carbocycles. The van der Waals surface area contributed by atoms with Gasteiger partial charge in [-0.05, 0) is 63.5 Å². The third kappa shape index (κ3) is 3.80. The number of thioether (sulfide) groups is 1. The molecule has 1 aliphatic heterocycles. The summed E-state index contributed by atoms with van der Waals surface area (Å²) in [6.07, 6.45) is 8.71. The molecule has 2 aliphatic rings. The molecule has 0 saturated heterocycles. The molecule has 0 unspecified atom stereocenters. The number of allylic oxidation sites excluding steroid dienone is 3. The summed E-state index contributed by atoms with van der Waals surface area (Å²) in [7, 11) is 0. The van der Waals surface area contributed by atoms with E-state index in [0.717, 1.165) is 36.0 Å². The minimum Gasteiger partial charge on any atom is -0.335 e. The summed E-state index contributed by atoms with van der Waals surface area (Å²) < 4.78 is 2.37. The van der Waals surface area contributed by atoms with E-state index in [-0.39, 0.29) is 0 Å². The van der Waals surface area contributed by atoms with Crippen LogP contribution in [0.2, 0.25) is 5.02 Å². The Labute approximate surface area is 185 Å². The average Bonchev–Trinajstić information content (AvgIpc) is 3.17. The first-order valence-electron chi connectivity index (χ1n) is 9.56. The molecule has 1 aliphatic carbocycles. The lowest BCUT2D eigenvalue weighted by molar-refractivity contribution is -0.692. The lowest BCUT2D eigenvalue weighted by Crippen LogP contribution is -2.36. The predicted molar refractivity (Wildman–Crippen MR) is 124 cm³/mol. The van der Waals surface area contributed by atoms with Gasteiger partial charge in [0.15, 0.2) is 0 Å². The smallest absolute Gasteiger partial charge is 0.262 e. The fourth-order valence-electron chi connectivity index (χ4n) is 3.67. The van der Waals surface area contributed by atoms with Crippen LogP contribution in [0.25, 0.3) is 12.2 Å². The second kappa shape index (κ2) is 8.27. The van der Waals surface area contributed by atoms with Crippen molar-refractivity contribution in [2.45, 2.75) is 45.1 Å². The zero-order chi connectivity index (χ0) is 19.8. The van der Waals surface area contributed by atoms with Gasteiger partial charge in [0.2, 0.25) is 5.69 Å². The van der Waals surface area contributed by atoms with Gasteiger partial charge in [-0.15, -0.1) is 0 Å². The number of fused-ring (bicyclic) bond motifs is 2. The third-order valence-corrected chi connectivity index (χ3v) is 7.83. The van der Waals surface area contributed by atoms with Crippen molar-refractivity contribution in [3.63, 3.8) is 0 Å². The zero-order valence-electron chi connectivity index (χ0n) is 16.3. The largest absolute Gasteiger partial charge is 0.335 e. The van der Waals surface area contributed by atoms with Gasteiger partial charge >= 0.3 is 0 Å². The average molecular weight is 450 g/mol. The van der Waals surface area contributed by atoms with Gasteiger partial charge in [-0.3, -0.25) is 0 Å². The lowest BCUT2D eigenvalue weighted by Gasteiger charge is -2.18. The molecule has 0 radical (unpaired) electrons. The topological polar surface area (TPSA) is 7.12 Å². The molecule has 4 rings (SSSR count). The van der Waals surface area contributed by atoms with Gasteiger partial charge in [0.05, 0.1) is 15.6 Å². The molecule has 0 fully saturated rings. The van der Waals surface area contributed by atoms with Gasteiger partial charge in [-0.2, -0.15) is 4.57 Å². The Bertz CT molecular complexity index is 1020. The van der Waals surface area contributed by atoms with Crippen LogP contribution in [0.15, 0.2) is 44.8 Å². The van der Waals surface area contributed by atoms with Crippen molar-refractivity contribution < 1.29 is 4.57 Å². The van der Waals surface area contributed by atoms with Gasteiger partial charge in [-0.1, -0.05) is 46.3 Å². The molecule has 1 aromatic heterocycles. The van der Waals surface area contributed by atoms with Crippen molar-refractivity contribution in [1.82, 2.24) is 0 Å². The minimum atomic E-state index is 0.784. The third-order valence-electron chi connectivity index (χ3n) is 4.98. The van der Waals surface area contributed by atoms with Crippen LogP contribution in [0, 0.1) is 0 Å². The first-order chi connectivity index (χ1) is 13.5. The van der Waals surface area contributed by atoms with Gasteiger partial charge < -0.3 is 4.90 Å². The number of anilines is 1. The van der Waals surface area contributed by atoms with Gasteiger partial charge in [0.25, 0.3) is 5.01 Å². The second-order valence-electron chi connectivity index (χ2n) is 6.91. The van der Waals surface area contributed by atoms with E-state index in [2.05, 4.69) is 60.6 Å². The Kier molecular flexibility index (Phi) is 5.93. The number of halogens is 2. The molecule has 6 heteroatoms. The maximum Gasteiger partial charge on any atom is 0.262 e. The summed E-state index contributed by atoms with van der Waals surface area (Å²) in [6, 6.07) is 6.13. The van der Waals surface area contributed by atoms with Crippen molar-refractivity contribution in [3.05, 3.63) is 60.5 Å². The quantitative estimate of drug-likeness (QED) is 0.458. The SMILES string of the molecule is CCN1/C(=C\C(C)=C\c2sc3c([n+]2CC)C=C(Cl)CC3)Sc2ccc(Cl)cc21. The summed E-state index contributed by atoms with van der Waals surface area (Å²) in [5, 5.41) is 4.28. The monoisotopic (exact) mass is 449 g/mol. The maximum absolute atomic E-state index is 6.30. The van der Waals surface area contributed by atoms with Crippen LogP contribution in [0.5, 0.6) is 0 Å². The highest BCUT2D eigenvalue weighted by Gasteiger charge is 2.27. The molecule has 28 heavy (non-hydrogen) atoms. The number of rotatable bonds is 4. The Balaban J connectivity index is 1.67. The fraction of sp³-hybridized carbons (Fsp3) is 0.318. The summed E-state index contributed by atoms with van der Waals surface area (Å²) in [5.41, 5.74) is 3.73. The fourth-order valence-corrected chi connectivity index (χ4v) is 6.56. The first kappa shape index (κ1) is 20.1. The summed E-state index contributed by atoms with van der Waals surface area (Å²) in [6.45, 7) is 8.42. The number of thiazole rings is 1. The van der Waals surface area contributed by atoms with Crippen molar-refractivity contribution in [1.29, 1.82) is 0 Å². The summed E-state index contributed by atoms with van der Waals surface area (Å²) in [5.74, 6) is 0. The first-order valence-corrected chi connectivity index (χ1v) is 12.0. The van der Waals surface area contributed by atoms with E-state index in [0.29, 0.717) is 0 Å². The molecule has 146 valence electrons. The number of hydrogen-bond acceptors (Lipinski definition) is 3. The van der Waals surface area contributed by atoms with Crippen molar-refractivity contribution in [2.75, 3.05) is 11.4 Å². The van der Waals surface area contributed by atoms with Crippen LogP contribution in [-0.4, -0.2) is 6.54 Å². The van der Waals surface area contributed by atoms with E-state index in [1.54, 1.807) is 0 Å². The van der Waals surface area contributed by atoms with E-state index in [9.17, 15) is 0 Å². The molecule has 0 spiro atoms. The number of nitrogens with zero attached hydrogens (tertiary/aromatic N) is 2. The predicted octanol–water partition coefficient (Wildman–Crippen LogP) is 7.11. The summed E-state index contributed by atoms with van der Waals surface area (Å²) >= 11 is 16.2. The van der Waals surface area contributed by atoms with E-state index in [1.165, 1.54) is 36.8 Å². The van der Waals surface area contributed by atoms with Crippen molar-refractivity contribution >= 4 is 64.1 Å². The maximum atomic E-state index is 6.30. The molecule has 0 amide bonds. The molecule has 0 N–H and O–H groups in total. The Morgan fingerprint density at radius 2 is 2.07 bits per heavy atom. The van der Waals surface area contributed by atoms with E-state index in [1.807, 2.05) is 29.2 Å². The lowest BCUT2D eigenvalue weighted by atomic mass is 10.1. The normalized spacial score (nSPS) is 17.8. The molecule has 1 aromatic carbocycles. The second-order valence-corrected chi connectivity index (χ2v) is 10.0. The van der Waals surface area contributed by atoms with E-state index < -0.39 is 0 Å². The molecular weight excluding hydrogens is 427 g/mol. The van der Waals surface area contributed by atoms with Crippen LogP contribution in [0.3, 0.4) is 0 Å². The van der Waals surface area contributed by atoms with Crippen LogP contribution >= 0.6 is 46.3 Å². The van der Waals surface area contributed by atoms with Crippen molar-refractivity contribution in [3.8, 4) is 0 Å². The highest BCUT2D eigenvalue weighted by molar-refractivity contribution is 8.03. The zero-order valence-corrected chi connectivity index (χ0v) is 19.4. The van der Waals surface area contributed by atoms with E-state index in [4.69, 9.17) is 23.2 Å². The molecule has 0 atom stereocenters. The minimum absolute atomic E-state index is 0.784. The van der Waals surface area contributed by atoms with Gasteiger partial charge in [-0.25, -0.2) is 0 Å². The van der Waals surface area contributed by atoms with E-state index >= 15 is 0 Å². The molecule has 2 nitrogen and oxygen atoms in total. The Morgan fingerprint density at radius 1 is 1.25 bits per heavy atom. The molecular formula is C22H23Cl2N2S2+. The Morgan fingerprint density at radius 3 is 2.82 bits per heavy atom. The standard InChI is InChI=1S/C22H23Cl2N2S2/c1-4-25-17-12-15(23)6-8-19(17)27-21(25)10-14(3)11-22-26(5-2)18-13-16(24)7-9-20(18)28-22/h6,8,10-13H,4-5,7,9H2,1-3H3/q+1. The van der Waals surface area contributed by atoms with Crippen LogP contribution < -0.4 is 9.47 Å². The number of benzene rings is 1. The summed E-state index contributed by atoms with van der Waals surface area (Å²) in [4.78, 5) is 5.03. The van der Waals surface area contributed by atoms with Crippen LogP contribution in [-0.2, 0) is 13.0 Å². The highest BCUT2D eigenvalue weighted by atomic mass is 35.5. The molecule has 2 heterocycles. The van der Waals surface area contributed by atoms with Crippen LogP contribution in [0.1, 0.15) is 42.8 Å². The number of hydrogen-bond donors (Lipinski definition) is 0. The number of aromatic nitrogens is 1. The van der Waals surface area contributed by atoms with Crippen LogP contribution in [0.4, 0.5) is 5.69 Å². The molecule has 0 bridgehead atoms. The van der Waals surface area contributed by atoms with Gasteiger partial charge in [0.1, 0.15) is 6.54 Å². The Hall–Kier alpha value is -1.20. The number of aryl methyl sites for hydroxylation is 1. The van der Waals surface area contributed by atoms with Gasteiger partial charge in [0, 0.05) is 33.6 Å². The highest BCUT2D eigenvalue weighted by Crippen LogP contribution is 2.47.